The number of hydrogen-bond donors (Lipinski definition) is 0. The Bertz CT molecular complexity index is 944. The van der Waals surface area contributed by atoms with E-state index in [0.29, 0.717) is 31.9 Å². The fourth-order valence-electron chi connectivity index (χ4n) is 3.86. The zero-order chi connectivity index (χ0) is 22.0. The van der Waals surface area contributed by atoms with Crippen molar-refractivity contribution in [1.82, 2.24) is 24.8 Å². The third-order valence-electron chi connectivity index (χ3n) is 5.42. The number of hydrogen-bond acceptors (Lipinski definition) is 5. The van der Waals surface area contributed by atoms with Crippen molar-refractivity contribution in [2.75, 3.05) is 32.8 Å². The van der Waals surface area contributed by atoms with Gasteiger partial charge >= 0.3 is 0 Å². The molecule has 166 valence electrons. The molecule has 1 unspecified atom stereocenters. The van der Waals surface area contributed by atoms with Crippen LogP contribution in [0.4, 0.5) is 13.2 Å². The summed E-state index contributed by atoms with van der Waals surface area (Å²) < 4.78 is 47.8. The van der Waals surface area contributed by atoms with Crippen LogP contribution in [0.3, 0.4) is 0 Å². The maximum atomic E-state index is 14.1. The maximum absolute atomic E-state index is 14.1. The number of ether oxygens (including phenoxy) is 1. The molecule has 4 rings (SSSR count). The Labute approximate surface area is 176 Å². The molecule has 2 fully saturated rings. The minimum atomic E-state index is -3.02. The van der Waals surface area contributed by atoms with E-state index in [-0.39, 0.29) is 24.6 Å². The number of rotatable bonds is 5. The lowest BCUT2D eigenvalue weighted by Gasteiger charge is -2.25. The van der Waals surface area contributed by atoms with Crippen LogP contribution in [0.5, 0.6) is 0 Å². The second-order valence-electron chi connectivity index (χ2n) is 7.77. The Morgan fingerprint density at radius 2 is 1.87 bits per heavy atom. The van der Waals surface area contributed by atoms with E-state index in [2.05, 4.69) is 10.3 Å². The molecule has 0 N–H and O–H groups in total. The van der Waals surface area contributed by atoms with E-state index in [4.69, 9.17) is 4.74 Å². The molecule has 0 bridgehead atoms. The number of alkyl halides is 2. The summed E-state index contributed by atoms with van der Waals surface area (Å²) in [6.07, 6.45) is 0.802. The number of morpholine rings is 1. The van der Waals surface area contributed by atoms with E-state index in [9.17, 15) is 22.8 Å². The van der Waals surface area contributed by atoms with E-state index >= 15 is 0 Å². The van der Waals surface area contributed by atoms with Gasteiger partial charge in [0.1, 0.15) is 5.82 Å². The van der Waals surface area contributed by atoms with Gasteiger partial charge in [0.05, 0.1) is 45.0 Å². The number of amides is 2. The number of halogens is 3. The topological polar surface area (TPSA) is 80.6 Å². The Balaban J connectivity index is 1.43. The lowest BCUT2D eigenvalue weighted by molar-refractivity contribution is -0.132. The summed E-state index contributed by atoms with van der Waals surface area (Å²) in [6, 6.07) is 4.56. The molecular formula is C20H22F3N5O3. The van der Waals surface area contributed by atoms with Crippen molar-refractivity contribution < 1.29 is 27.5 Å². The van der Waals surface area contributed by atoms with E-state index in [0.717, 1.165) is 4.90 Å². The quantitative estimate of drug-likeness (QED) is 0.706. The lowest BCUT2D eigenvalue weighted by atomic mass is 10.1. The minimum absolute atomic E-state index is 0.00581. The number of likely N-dealkylation sites (tertiary alicyclic amines) is 1. The fourth-order valence-corrected chi connectivity index (χ4v) is 3.86. The summed E-state index contributed by atoms with van der Waals surface area (Å²) in [5.74, 6) is -4.22. The van der Waals surface area contributed by atoms with Crippen LogP contribution in [-0.4, -0.2) is 81.4 Å². The predicted molar refractivity (Wildman–Crippen MR) is 102 cm³/mol. The highest BCUT2D eigenvalue weighted by atomic mass is 19.3. The molecule has 3 heterocycles. The van der Waals surface area contributed by atoms with Gasteiger partial charge in [0.2, 0.25) is 5.91 Å². The Morgan fingerprint density at radius 3 is 2.58 bits per heavy atom. The van der Waals surface area contributed by atoms with Gasteiger partial charge in [0.15, 0.2) is 5.69 Å². The van der Waals surface area contributed by atoms with E-state index in [1.807, 2.05) is 0 Å². The van der Waals surface area contributed by atoms with Crippen LogP contribution in [0.1, 0.15) is 22.5 Å². The summed E-state index contributed by atoms with van der Waals surface area (Å²) in [7, 11) is 0. The van der Waals surface area contributed by atoms with Crippen LogP contribution < -0.4 is 0 Å². The summed E-state index contributed by atoms with van der Waals surface area (Å²) in [6.45, 7) is 1.10. The zero-order valence-corrected chi connectivity index (χ0v) is 16.7. The van der Waals surface area contributed by atoms with Crippen LogP contribution in [0, 0.1) is 5.82 Å². The highest BCUT2D eigenvalue weighted by Crippen LogP contribution is 2.33. The van der Waals surface area contributed by atoms with Gasteiger partial charge in [-0.15, -0.1) is 5.10 Å². The average molecular weight is 437 g/mol. The van der Waals surface area contributed by atoms with Crippen molar-refractivity contribution >= 4 is 11.8 Å². The number of carbonyl (C=O) groups is 2. The molecule has 2 aliphatic rings. The van der Waals surface area contributed by atoms with Crippen LogP contribution in [0.25, 0.3) is 0 Å². The number of nitrogens with zero attached hydrogens (tertiary/aromatic N) is 5. The van der Waals surface area contributed by atoms with Crippen molar-refractivity contribution in [3.8, 4) is 0 Å². The SMILES string of the molecule is O=C(c1cn(CC2CC(F)(F)CN2C(=O)Cc2ccc(F)cc2)nn1)N1CCOCC1. The van der Waals surface area contributed by atoms with E-state index in [1.165, 1.54) is 35.1 Å². The second kappa shape index (κ2) is 8.66. The van der Waals surface area contributed by atoms with Crippen molar-refractivity contribution in [2.24, 2.45) is 0 Å². The van der Waals surface area contributed by atoms with Crippen molar-refractivity contribution in [3.05, 3.63) is 47.5 Å². The smallest absolute Gasteiger partial charge is 0.276 e. The van der Waals surface area contributed by atoms with E-state index < -0.39 is 36.7 Å². The number of benzene rings is 1. The van der Waals surface area contributed by atoms with Gasteiger partial charge in [-0.25, -0.2) is 17.9 Å². The molecule has 2 amide bonds. The molecular weight excluding hydrogens is 415 g/mol. The largest absolute Gasteiger partial charge is 0.378 e. The third-order valence-corrected chi connectivity index (χ3v) is 5.42. The van der Waals surface area contributed by atoms with Crippen LogP contribution in [-0.2, 0) is 22.5 Å². The molecule has 0 aliphatic carbocycles. The second-order valence-corrected chi connectivity index (χ2v) is 7.77. The maximum Gasteiger partial charge on any atom is 0.276 e. The number of aromatic nitrogens is 3. The lowest BCUT2D eigenvalue weighted by Crippen LogP contribution is -2.41. The number of carbonyl (C=O) groups excluding carboxylic acids is 2. The first kappa shape index (κ1) is 21.3. The fraction of sp³-hybridized carbons (Fsp3) is 0.500. The van der Waals surface area contributed by atoms with Crippen molar-refractivity contribution in [2.45, 2.75) is 31.4 Å². The molecule has 0 saturated carbocycles. The summed E-state index contributed by atoms with van der Waals surface area (Å²) in [5.41, 5.74) is 0.662. The average Bonchev–Trinajstić information content (AvgIpc) is 3.33. The molecule has 2 aromatic rings. The molecule has 2 saturated heterocycles. The van der Waals surface area contributed by atoms with Gasteiger partial charge < -0.3 is 14.5 Å². The highest BCUT2D eigenvalue weighted by molar-refractivity contribution is 5.92. The zero-order valence-electron chi connectivity index (χ0n) is 16.7. The minimum Gasteiger partial charge on any atom is -0.378 e. The monoisotopic (exact) mass is 437 g/mol. The molecule has 11 heteroatoms. The van der Waals surface area contributed by atoms with Gasteiger partial charge in [-0.2, -0.15) is 0 Å². The first-order chi connectivity index (χ1) is 14.8. The van der Waals surface area contributed by atoms with Crippen molar-refractivity contribution in [3.63, 3.8) is 0 Å². The summed E-state index contributed by atoms with van der Waals surface area (Å²) in [4.78, 5) is 27.9. The molecule has 1 aromatic carbocycles. The van der Waals surface area contributed by atoms with E-state index in [1.54, 1.807) is 4.90 Å². The van der Waals surface area contributed by atoms with Crippen LogP contribution in [0.2, 0.25) is 0 Å². The third kappa shape index (κ3) is 5.04. The van der Waals surface area contributed by atoms with Gasteiger partial charge in [-0.1, -0.05) is 17.3 Å². The molecule has 2 aliphatic heterocycles. The Morgan fingerprint density at radius 1 is 1.16 bits per heavy atom. The summed E-state index contributed by atoms with van der Waals surface area (Å²) >= 11 is 0. The first-order valence-electron chi connectivity index (χ1n) is 10.00. The van der Waals surface area contributed by atoms with Gasteiger partial charge in [0, 0.05) is 19.5 Å². The Kier molecular flexibility index (Phi) is 5.94. The first-order valence-corrected chi connectivity index (χ1v) is 10.00. The normalized spacial score (nSPS) is 20.8. The van der Waals surface area contributed by atoms with Crippen LogP contribution >= 0.6 is 0 Å². The summed E-state index contributed by atoms with van der Waals surface area (Å²) in [5, 5.41) is 7.76. The molecule has 31 heavy (non-hydrogen) atoms. The molecule has 1 atom stereocenters. The van der Waals surface area contributed by atoms with Crippen LogP contribution in [0.15, 0.2) is 30.5 Å². The standard InChI is InChI=1S/C20H22F3N5O3/c21-15-3-1-14(2-4-15)9-18(29)28-13-20(22,23)10-16(28)11-27-12-17(24-25-27)19(30)26-5-7-31-8-6-26/h1-4,12,16H,5-11,13H2. The predicted octanol–water partition coefficient (Wildman–Crippen LogP) is 1.37. The molecule has 0 radical (unpaired) electrons. The van der Waals surface area contributed by atoms with Gasteiger partial charge in [-0.3, -0.25) is 9.59 Å². The van der Waals surface area contributed by atoms with Gasteiger partial charge in [-0.05, 0) is 17.7 Å². The molecule has 0 spiro atoms. The van der Waals surface area contributed by atoms with Crippen molar-refractivity contribution in [1.29, 1.82) is 0 Å². The van der Waals surface area contributed by atoms with Gasteiger partial charge in [0.25, 0.3) is 11.8 Å². The highest BCUT2D eigenvalue weighted by Gasteiger charge is 2.47. The molecule has 1 aromatic heterocycles. The Hall–Kier alpha value is -2.95. The molecule has 8 nitrogen and oxygen atoms in total.